The van der Waals surface area contributed by atoms with Gasteiger partial charge in [-0.3, -0.25) is 0 Å². The van der Waals surface area contributed by atoms with E-state index in [2.05, 4.69) is 15.3 Å². The van der Waals surface area contributed by atoms with Crippen molar-refractivity contribution in [2.45, 2.75) is 0 Å². The van der Waals surface area contributed by atoms with E-state index in [1.165, 1.54) is 24.3 Å². The summed E-state index contributed by atoms with van der Waals surface area (Å²) in [6.07, 6.45) is 1.57. The van der Waals surface area contributed by atoms with Crippen molar-refractivity contribution in [3.63, 3.8) is 0 Å². The first-order chi connectivity index (χ1) is 10.7. The third-order valence-electron chi connectivity index (χ3n) is 3.44. The molecule has 0 saturated carbocycles. The molecule has 1 aromatic heterocycles. The van der Waals surface area contributed by atoms with Crippen LogP contribution in [0.5, 0.6) is 11.6 Å². The van der Waals surface area contributed by atoms with Crippen molar-refractivity contribution in [1.29, 1.82) is 0 Å². The molecule has 0 spiro atoms. The molecular formula is C15H16FN3O3. The van der Waals surface area contributed by atoms with Crippen LogP contribution in [0.4, 0.5) is 10.3 Å². The molecule has 2 heterocycles. The van der Waals surface area contributed by atoms with Gasteiger partial charge in [-0.25, -0.2) is 9.37 Å². The Labute approximate surface area is 126 Å². The van der Waals surface area contributed by atoms with Crippen LogP contribution in [0.2, 0.25) is 0 Å². The highest BCUT2D eigenvalue weighted by Gasteiger charge is 2.38. The fourth-order valence-electron chi connectivity index (χ4n) is 2.01. The summed E-state index contributed by atoms with van der Waals surface area (Å²) in [5.74, 6) is 0.922. The molecule has 7 heteroatoms. The normalized spacial score (nSPS) is 15.9. The number of hydrogen-bond acceptors (Lipinski definition) is 6. The lowest BCUT2D eigenvalue weighted by Gasteiger charge is -2.39. The van der Waals surface area contributed by atoms with E-state index in [9.17, 15) is 9.50 Å². The zero-order valence-electron chi connectivity index (χ0n) is 11.8. The van der Waals surface area contributed by atoms with E-state index in [1.807, 2.05) is 0 Å². The number of benzene rings is 1. The predicted octanol–water partition coefficient (Wildman–Crippen LogP) is 1.83. The number of halogens is 1. The van der Waals surface area contributed by atoms with Crippen LogP contribution in [0.15, 0.2) is 36.5 Å². The van der Waals surface area contributed by atoms with Gasteiger partial charge in [0.25, 0.3) is 0 Å². The lowest BCUT2D eigenvalue weighted by Crippen LogP contribution is -2.50. The van der Waals surface area contributed by atoms with Crippen LogP contribution < -0.4 is 10.1 Å². The lowest BCUT2D eigenvalue weighted by molar-refractivity contribution is -0.128. The summed E-state index contributed by atoms with van der Waals surface area (Å²) in [4.78, 5) is 8.33. The van der Waals surface area contributed by atoms with Crippen molar-refractivity contribution < 1.29 is 19.0 Å². The van der Waals surface area contributed by atoms with E-state index < -0.39 is 0 Å². The largest absolute Gasteiger partial charge is 0.439 e. The second kappa shape index (κ2) is 6.25. The number of rotatable bonds is 6. The van der Waals surface area contributed by atoms with Crippen LogP contribution in [0.3, 0.4) is 0 Å². The van der Waals surface area contributed by atoms with Crippen molar-refractivity contribution >= 4 is 5.95 Å². The van der Waals surface area contributed by atoms with E-state index in [4.69, 9.17) is 9.47 Å². The number of hydrogen-bond donors (Lipinski definition) is 2. The summed E-state index contributed by atoms with van der Waals surface area (Å²) < 4.78 is 23.5. The van der Waals surface area contributed by atoms with Crippen LogP contribution in [-0.4, -0.2) is 41.4 Å². The molecule has 1 aromatic carbocycles. The minimum atomic E-state index is -0.325. The van der Waals surface area contributed by atoms with Gasteiger partial charge in [-0.05, 0) is 24.3 Å². The summed E-state index contributed by atoms with van der Waals surface area (Å²) in [7, 11) is 0. The molecule has 2 aromatic rings. The van der Waals surface area contributed by atoms with Gasteiger partial charge in [-0.15, -0.1) is 0 Å². The molecule has 3 rings (SSSR count). The number of nitrogens with one attached hydrogen (secondary N) is 1. The molecule has 0 atom stereocenters. The third kappa shape index (κ3) is 3.32. The molecule has 0 radical (unpaired) electrons. The third-order valence-corrected chi connectivity index (χ3v) is 3.44. The molecule has 0 amide bonds. The summed E-state index contributed by atoms with van der Waals surface area (Å²) in [5, 5.41) is 12.4. The van der Waals surface area contributed by atoms with Gasteiger partial charge in [0, 0.05) is 18.8 Å². The standard InChI is InChI=1S/C15H16FN3O3/c16-11-1-3-12(4-2-11)22-13-5-6-17-14(19-13)18-7-15(8-20)9-21-10-15/h1-6,20H,7-10H2,(H,17,18,19). The summed E-state index contributed by atoms with van der Waals surface area (Å²) in [6, 6.07) is 7.30. The molecule has 1 fully saturated rings. The van der Waals surface area contributed by atoms with Crippen LogP contribution in [-0.2, 0) is 4.74 Å². The molecule has 1 aliphatic rings. The minimum absolute atomic E-state index is 0.0474. The molecule has 0 bridgehead atoms. The van der Waals surface area contributed by atoms with Gasteiger partial charge in [0.2, 0.25) is 11.8 Å². The van der Waals surface area contributed by atoms with Gasteiger partial charge >= 0.3 is 0 Å². The number of aliphatic hydroxyl groups excluding tert-OH is 1. The van der Waals surface area contributed by atoms with Crippen molar-refractivity contribution in [2.24, 2.45) is 5.41 Å². The summed E-state index contributed by atoms with van der Waals surface area (Å²) in [5.41, 5.74) is -0.267. The van der Waals surface area contributed by atoms with Gasteiger partial charge in [-0.2, -0.15) is 4.98 Å². The first kappa shape index (κ1) is 14.7. The summed E-state index contributed by atoms with van der Waals surface area (Å²) in [6.45, 7) is 1.60. The van der Waals surface area contributed by atoms with Crippen molar-refractivity contribution in [2.75, 3.05) is 31.7 Å². The Bertz CT molecular complexity index is 627. The first-order valence-electron chi connectivity index (χ1n) is 6.88. The second-order valence-electron chi connectivity index (χ2n) is 5.28. The molecule has 1 saturated heterocycles. The molecule has 2 N–H and O–H groups in total. The number of nitrogens with zero attached hydrogens (tertiary/aromatic N) is 2. The topological polar surface area (TPSA) is 76.5 Å². The zero-order chi connectivity index (χ0) is 15.4. The van der Waals surface area contributed by atoms with Crippen molar-refractivity contribution in [3.8, 4) is 11.6 Å². The fraction of sp³-hybridized carbons (Fsp3) is 0.333. The van der Waals surface area contributed by atoms with Crippen molar-refractivity contribution in [3.05, 3.63) is 42.3 Å². The first-order valence-corrected chi connectivity index (χ1v) is 6.88. The summed E-state index contributed by atoms with van der Waals surface area (Å²) >= 11 is 0. The Balaban J connectivity index is 1.63. The number of ether oxygens (including phenoxy) is 2. The number of anilines is 1. The maximum atomic E-state index is 12.9. The highest BCUT2D eigenvalue weighted by Crippen LogP contribution is 2.27. The average molecular weight is 305 g/mol. The molecule has 1 aliphatic heterocycles. The Hall–Kier alpha value is -2.25. The highest BCUT2D eigenvalue weighted by atomic mass is 19.1. The van der Waals surface area contributed by atoms with Crippen molar-refractivity contribution in [1.82, 2.24) is 9.97 Å². The number of aromatic nitrogens is 2. The Morgan fingerprint density at radius 1 is 1.27 bits per heavy atom. The smallest absolute Gasteiger partial charge is 0.225 e. The van der Waals surface area contributed by atoms with Gasteiger partial charge < -0.3 is 19.9 Å². The van der Waals surface area contributed by atoms with E-state index in [-0.39, 0.29) is 17.8 Å². The quantitative estimate of drug-likeness (QED) is 0.848. The van der Waals surface area contributed by atoms with Crippen LogP contribution >= 0.6 is 0 Å². The Morgan fingerprint density at radius 2 is 2.05 bits per heavy atom. The minimum Gasteiger partial charge on any atom is -0.439 e. The highest BCUT2D eigenvalue weighted by molar-refractivity contribution is 5.32. The molecule has 22 heavy (non-hydrogen) atoms. The molecule has 0 aliphatic carbocycles. The molecule has 0 unspecified atom stereocenters. The van der Waals surface area contributed by atoms with E-state index in [0.29, 0.717) is 37.3 Å². The second-order valence-corrected chi connectivity index (χ2v) is 5.28. The van der Waals surface area contributed by atoms with Gasteiger partial charge in [0.15, 0.2) is 0 Å². The Morgan fingerprint density at radius 3 is 2.68 bits per heavy atom. The monoisotopic (exact) mass is 305 g/mol. The maximum Gasteiger partial charge on any atom is 0.225 e. The fourth-order valence-corrected chi connectivity index (χ4v) is 2.01. The van der Waals surface area contributed by atoms with E-state index in [1.54, 1.807) is 12.3 Å². The van der Waals surface area contributed by atoms with Crippen LogP contribution in [0, 0.1) is 11.2 Å². The van der Waals surface area contributed by atoms with Gasteiger partial charge in [0.05, 0.1) is 25.2 Å². The van der Waals surface area contributed by atoms with E-state index in [0.717, 1.165) is 0 Å². The predicted molar refractivity (Wildman–Crippen MR) is 77.3 cm³/mol. The van der Waals surface area contributed by atoms with Gasteiger partial charge in [-0.1, -0.05) is 0 Å². The Kier molecular flexibility index (Phi) is 4.17. The number of aliphatic hydroxyl groups is 1. The van der Waals surface area contributed by atoms with Crippen LogP contribution in [0.1, 0.15) is 0 Å². The van der Waals surface area contributed by atoms with Gasteiger partial charge in [0.1, 0.15) is 11.6 Å². The molecule has 116 valence electrons. The zero-order valence-corrected chi connectivity index (χ0v) is 11.8. The molecular weight excluding hydrogens is 289 g/mol. The lowest BCUT2D eigenvalue weighted by atomic mass is 9.87. The maximum absolute atomic E-state index is 12.9. The molecule has 6 nitrogen and oxygen atoms in total. The average Bonchev–Trinajstić information content (AvgIpc) is 2.49. The SMILES string of the molecule is OCC1(CNc2nccc(Oc3ccc(F)cc3)n2)COC1. The van der Waals surface area contributed by atoms with Crippen LogP contribution in [0.25, 0.3) is 0 Å². The van der Waals surface area contributed by atoms with E-state index >= 15 is 0 Å².